The van der Waals surface area contributed by atoms with Crippen LogP contribution in [0.1, 0.15) is 36.4 Å². The number of nitrogens with zero attached hydrogens (tertiary/aromatic N) is 1. The fourth-order valence-corrected chi connectivity index (χ4v) is 2.22. The standard InChI is InChI=1S/C16H19NO4/c1-10(2)17(7-6-15(18)19)16(20)14-9-12-8-11(3)4-5-13(12)21-14/h4-5,8-10H,6-7H2,1-3H3,(H,18,19). The van der Waals surface area contributed by atoms with Crippen LogP contribution < -0.4 is 0 Å². The molecule has 0 fully saturated rings. The zero-order valence-electron chi connectivity index (χ0n) is 12.4. The van der Waals surface area contributed by atoms with Gasteiger partial charge in [-0.25, -0.2) is 0 Å². The summed E-state index contributed by atoms with van der Waals surface area (Å²) in [5, 5.41) is 9.66. The second kappa shape index (κ2) is 5.99. The van der Waals surface area contributed by atoms with Gasteiger partial charge in [-0.3, -0.25) is 9.59 Å². The van der Waals surface area contributed by atoms with Crippen molar-refractivity contribution in [3.8, 4) is 0 Å². The van der Waals surface area contributed by atoms with E-state index < -0.39 is 5.97 Å². The van der Waals surface area contributed by atoms with Crippen LogP contribution >= 0.6 is 0 Å². The van der Waals surface area contributed by atoms with E-state index in [-0.39, 0.29) is 30.7 Å². The molecule has 1 aromatic heterocycles. The molecule has 0 bridgehead atoms. The molecule has 0 aliphatic carbocycles. The number of rotatable bonds is 5. The Morgan fingerprint density at radius 2 is 2.00 bits per heavy atom. The number of aliphatic carboxylic acids is 1. The second-order valence-electron chi connectivity index (χ2n) is 5.39. The van der Waals surface area contributed by atoms with Gasteiger partial charge in [-0.05, 0) is 39.0 Å². The molecule has 1 amide bonds. The predicted molar refractivity (Wildman–Crippen MR) is 79.4 cm³/mol. The maximum atomic E-state index is 12.5. The van der Waals surface area contributed by atoms with E-state index in [4.69, 9.17) is 9.52 Å². The summed E-state index contributed by atoms with van der Waals surface area (Å²) < 4.78 is 5.58. The first kappa shape index (κ1) is 15.1. The second-order valence-corrected chi connectivity index (χ2v) is 5.39. The number of hydrogen-bond donors (Lipinski definition) is 1. The van der Waals surface area contributed by atoms with E-state index in [1.54, 1.807) is 6.07 Å². The number of carbonyl (C=O) groups is 2. The first-order chi connectivity index (χ1) is 9.88. The number of carbonyl (C=O) groups excluding carboxylic acids is 1. The molecule has 1 heterocycles. The van der Waals surface area contributed by atoms with Gasteiger partial charge in [-0.2, -0.15) is 0 Å². The van der Waals surface area contributed by atoms with Gasteiger partial charge in [0.25, 0.3) is 5.91 Å². The highest BCUT2D eigenvalue weighted by atomic mass is 16.4. The maximum absolute atomic E-state index is 12.5. The van der Waals surface area contributed by atoms with Gasteiger partial charge in [-0.1, -0.05) is 11.6 Å². The molecular formula is C16H19NO4. The zero-order chi connectivity index (χ0) is 15.6. The lowest BCUT2D eigenvalue weighted by molar-refractivity contribution is -0.137. The number of benzene rings is 1. The zero-order valence-corrected chi connectivity index (χ0v) is 12.4. The first-order valence-electron chi connectivity index (χ1n) is 6.91. The molecule has 112 valence electrons. The molecule has 0 saturated heterocycles. The molecule has 21 heavy (non-hydrogen) atoms. The minimum atomic E-state index is -0.923. The summed E-state index contributed by atoms with van der Waals surface area (Å²) in [7, 11) is 0. The summed E-state index contributed by atoms with van der Waals surface area (Å²) in [5.41, 5.74) is 1.75. The average Bonchev–Trinajstić information content (AvgIpc) is 2.80. The lowest BCUT2D eigenvalue weighted by Gasteiger charge is -2.25. The summed E-state index contributed by atoms with van der Waals surface area (Å²) in [6, 6.07) is 7.32. The van der Waals surface area contributed by atoms with Crippen molar-refractivity contribution in [2.75, 3.05) is 6.54 Å². The summed E-state index contributed by atoms with van der Waals surface area (Å²) in [6.45, 7) is 5.85. The van der Waals surface area contributed by atoms with Gasteiger partial charge in [0.15, 0.2) is 5.76 Å². The monoisotopic (exact) mass is 289 g/mol. The first-order valence-corrected chi connectivity index (χ1v) is 6.91. The van der Waals surface area contributed by atoms with Crippen molar-refractivity contribution in [3.63, 3.8) is 0 Å². The van der Waals surface area contributed by atoms with Crippen LogP contribution in [0.2, 0.25) is 0 Å². The van der Waals surface area contributed by atoms with E-state index in [9.17, 15) is 9.59 Å². The minimum Gasteiger partial charge on any atom is -0.481 e. The Kier molecular flexibility index (Phi) is 4.31. The van der Waals surface area contributed by atoms with Gasteiger partial charge in [0.05, 0.1) is 6.42 Å². The smallest absolute Gasteiger partial charge is 0.305 e. The number of carboxylic acids is 1. The lowest BCUT2D eigenvalue weighted by atomic mass is 10.2. The van der Waals surface area contributed by atoms with Crippen molar-refractivity contribution < 1.29 is 19.1 Å². The van der Waals surface area contributed by atoms with Gasteiger partial charge in [-0.15, -0.1) is 0 Å². The number of furan rings is 1. The minimum absolute atomic E-state index is 0.0801. The quantitative estimate of drug-likeness (QED) is 0.918. The Bertz CT molecular complexity index is 672. The Balaban J connectivity index is 2.27. The Labute approximate surface area is 123 Å². The van der Waals surface area contributed by atoms with Gasteiger partial charge >= 0.3 is 5.97 Å². The summed E-state index contributed by atoms with van der Waals surface area (Å²) in [6.07, 6.45) is -0.0801. The number of aryl methyl sites for hydroxylation is 1. The summed E-state index contributed by atoms with van der Waals surface area (Å²) >= 11 is 0. The van der Waals surface area contributed by atoms with Crippen LogP contribution in [0.15, 0.2) is 28.7 Å². The van der Waals surface area contributed by atoms with Crippen molar-refractivity contribution in [2.45, 2.75) is 33.2 Å². The third-order valence-corrected chi connectivity index (χ3v) is 3.33. The molecular weight excluding hydrogens is 270 g/mol. The van der Waals surface area contributed by atoms with Crippen LogP contribution in [0.25, 0.3) is 11.0 Å². The largest absolute Gasteiger partial charge is 0.481 e. The molecule has 0 spiro atoms. The fourth-order valence-electron chi connectivity index (χ4n) is 2.22. The molecule has 1 aromatic carbocycles. The van der Waals surface area contributed by atoms with E-state index in [0.29, 0.717) is 5.58 Å². The van der Waals surface area contributed by atoms with Crippen molar-refractivity contribution in [3.05, 3.63) is 35.6 Å². The van der Waals surface area contributed by atoms with Crippen LogP contribution in [0.4, 0.5) is 0 Å². The number of amides is 1. The number of carboxylic acid groups (broad SMARTS) is 1. The lowest BCUT2D eigenvalue weighted by Crippen LogP contribution is -2.38. The number of hydrogen-bond acceptors (Lipinski definition) is 3. The highest BCUT2D eigenvalue weighted by molar-refractivity contribution is 5.96. The maximum Gasteiger partial charge on any atom is 0.305 e. The van der Waals surface area contributed by atoms with E-state index in [1.165, 1.54) is 4.90 Å². The van der Waals surface area contributed by atoms with Gasteiger partial charge in [0, 0.05) is 18.0 Å². The molecule has 0 radical (unpaired) electrons. The van der Waals surface area contributed by atoms with E-state index >= 15 is 0 Å². The molecule has 0 atom stereocenters. The van der Waals surface area contributed by atoms with Gasteiger partial charge < -0.3 is 14.4 Å². The van der Waals surface area contributed by atoms with Crippen LogP contribution in [0.5, 0.6) is 0 Å². The Morgan fingerprint density at radius 1 is 1.29 bits per heavy atom. The predicted octanol–water partition coefficient (Wildman–Crippen LogP) is 3.07. The van der Waals surface area contributed by atoms with Crippen molar-refractivity contribution in [1.29, 1.82) is 0 Å². The molecule has 2 aromatic rings. The summed E-state index contributed by atoms with van der Waals surface area (Å²) in [5.74, 6) is -0.955. The normalized spacial score (nSPS) is 11.0. The van der Waals surface area contributed by atoms with Crippen molar-refractivity contribution in [1.82, 2.24) is 4.90 Å². The Hall–Kier alpha value is -2.30. The molecule has 0 aliphatic rings. The topological polar surface area (TPSA) is 70.8 Å². The van der Waals surface area contributed by atoms with Crippen molar-refractivity contribution >= 4 is 22.8 Å². The molecule has 0 saturated carbocycles. The Morgan fingerprint density at radius 3 is 2.62 bits per heavy atom. The van der Waals surface area contributed by atoms with E-state index in [1.807, 2.05) is 39.0 Å². The van der Waals surface area contributed by atoms with E-state index in [2.05, 4.69) is 0 Å². The van der Waals surface area contributed by atoms with Gasteiger partial charge in [0.1, 0.15) is 5.58 Å². The van der Waals surface area contributed by atoms with E-state index in [0.717, 1.165) is 10.9 Å². The molecule has 0 unspecified atom stereocenters. The van der Waals surface area contributed by atoms with Crippen LogP contribution in [-0.2, 0) is 4.79 Å². The third kappa shape index (κ3) is 3.42. The number of fused-ring (bicyclic) bond motifs is 1. The molecule has 2 rings (SSSR count). The van der Waals surface area contributed by atoms with Crippen LogP contribution in [0, 0.1) is 6.92 Å². The SMILES string of the molecule is Cc1ccc2oc(C(=O)N(CCC(=O)O)C(C)C)cc2c1. The highest BCUT2D eigenvalue weighted by Gasteiger charge is 2.22. The molecule has 0 aliphatic heterocycles. The fraction of sp³-hybridized carbons (Fsp3) is 0.375. The highest BCUT2D eigenvalue weighted by Crippen LogP contribution is 2.22. The molecule has 5 heteroatoms. The van der Waals surface area contributed by atoms with Gasteiger partial charge in [0.2, 0.25) is 0 Å². The van der Waals surface area contributed by atoms with Crippen molar-refractivity contribution in [2.24, 2.45) is 0 Å². The molecule has 5 nitrogen and oxygen atoms in total. The average molecular weight is 289 g/mol. The third-order valence-electron chi connectivity index (χ3n) is 3.33. The van der Waals surface area contributed by atoms with Crippen LogP contribution in [0.3, 0.4) is 0 Å². The van der Waals surface area contributed by atoms with Crippen LogP contribution in [-0.4, -0.2) is 34.5 Å². The molecule has 1 N–H and O–H groups in total. The summed E-state index contributed by atoms with van der Waals surface area (Å²) in [4.78, 5) is 24.7.